The number of rotatable bonds is 3. The van der Waals surface area contributed by atoms with Crippen LogP contribution in [0.5, 0.6) is 0 Å². The van der Waals surface area contributed by atoms with Gasteiger partial charge in [-0.1, -0.05) is 115 Å². The standard InChI is InChI=1S/C45H28N4/c1-3-13-31(14-4-1)47-39-21-11-10-19-35(39)36-25-23-30(28-42(36)47)29-24-26-41-38(27-29)43-45(48(41)32-15-5-2-6-16-32)46-44-37-20-8-7-17-33(37)34-18-9-12-22-40(34)49(43)44/h1-28H. The summed E-state index contributed by atoms with van der Waals surface area (Å²) in [5, 5.41) is 7.28. The molecule has 11 rings (SSSR count). The van der Waals surface area contributed by atoms with Gasteiger partial charge in [0.15, 0.2) is 5.65 Å². The molecule has 0 atom stereocenters. The zero-order chi connectivity index (χ0) is 32.1. The van der Waals surface area contributed by atoms with E-state index in [0.717, 1.165) is 44.6 Å². The molecule has 0 spiro atoms. The number of pyridine rings is 1. The third kappa shape index (κ3) is 3.66. The van der Waals surface area contributed by atoms with Crippen LogP contribution >= 0.6 is 0 Å². The molecular formula is C45H28N4. The van der Waals surface area contributed by atoms with Crippen molar-refractivity contribution in [1.82, 2.24) is 18.5 Å². The minimum Gasteiger partial charge on any atom is -0.309 e. The zero-order valence-corrected chi connectivity index (χ0v) is 26.5. The van der Waals surface area contributed by atoms with Gasteiger partial charge in [0.1, 0.15) is 11.2 Å². The lowest BCUT2D eigenvalue weighted by Crippen LogP contribution is -1.94. The molecule has 0 bridgehead atoms. The summed E-state index contributed by atoms with van der Waals surface area (Å²) in [6.45, 7) is 0. The highest BCUT2D eigenvalue weighted by atomic mass is 15.1. The molecule has 0 aliphatic carbocycles. The van der Waals surface area contributed by atoms with E-state index in [1.165, 1.54) is 49.1 Å². The van der Waals surface area contributed by atoms with Crippen molar-refractivity contribution >= 4 is 71.2 Å². The van der Waals surface area contributed by atoms with E-state index in [9.17, 15) is 0 Å². The molecule has 49 heavy (non-hydrogen) atoms. The monoisotopic (exact) mass is 624 g/mol. The maximum absolute atomic E-state index is 5.44. The van der Waals surface area contributed by atoms with E-state index in [1.807, 2.05) is 0 Å². The van der Waals surface area contributed by atoms with Gasteiger partial charge in [0.2, 0.25) is 0 Å². The molecule has 0 fully saturated rings. The normalized spacial score (nSPS) is 12.1. The molecule has 0 saturated heterocycles. The van der Waals surface area contributed by atoms with E-state index >= 15 is 0 Å². The van der Waals surface area contributed by atoms with Gasteiger partial charge in [-0.05, 0) is 71.1 Å². The first-order valence-corrected chi connectivity index (χ1v) is 16.7. The zero-order valence-electron chi connectivity index (χ0n) is 26.5. The van der Waals surface area contributed by atoms with Crippen molar-refractivity contribution in [3.63, 3.8) is 0 Å². The third-order valence-electron chi connectivity index (χ3n) is 10.2. The minimum atomic E-state index is 0.958. The van der Waals surface area contributed by atoms with E-state index in [0.29, 0.717) is 0 Å². The summed E-state index contributed by atoms with van der Waals surface area (Å²) >= 11 is 0. The fraction of sp³-hybridized carbons (Fsp3) is 0. The number of para-hydroxylation sites is 4. The predicted molar refractivity (Wildman–Crippen MR) is 204 cm³/mol. The van der Waals surface area contributed by atoms with Crippen LogP contribution in [0.2, 0.25) is 0 Å². The van der Waals surface area contributed by atoms with Crippen molar-refractivity contribution in [2.24, 2.45) is 0 Å². The summed E-state index contributed by atoms with van der Waals surface area (Å²) < 4.78 is 7.09. The van der Waals surface area contributed by atoms with Crippen molar-refractivity contribution in [2.45, 2.75) is 0 Å². The molecule has 4 heteroatoms. The molecule has 0 saturated carbocycles. The van der Waals surface area contributed by atoms with Gasteiger partial charge in [0.05, 0.1) is 22.1 Å². The SMILES string of the molecule is c1ccc(-n2c3ccccc3c3ccc(-c4ccc5c(c4)c4c(nc6c7ccccc7c7ccccc7n64)n5-c4ccccc4)cc32)cc1. The lowest BCUT2D eigenvalue weighted by Gasteiger charge is -2.11. The molecule has 0 N–H and O–H groups in total. The molecule has 4 nitrogen and oxygen atoms in total. The molecular weight excluding hydrogens is 597 g/mol. The Bertz CT molecular complexity index is 3090. The van der Waals surface area contributed by atoms with Crippen molar-refractivity contribution in [2.75, 3.05) is 0 Å². The van der Waals surface area contributed by atoms with Crippen LogP contribution in [0.15, 0.2) is 170 Å². The van der Waals surface area contributed by atoms with E-state index in [4.69, 9.17) is 4.98 Å². The van der Waals surface area contributed by atoms with Crippen LogP contribution in [0.3, 0.4) is 0 Å². The first kappa shape index (κ1) is 26.4. The predicted octanol–water partition coefficient (Wildman–Crippen LogP) is 11.5. The second-order valence-corrected chi connectivity index (χ2v) is 12.8. The van der Waals surface area contributed by atoms with Crippen LogP contribution in [0.4, 0.5) is 0 Å². The Morgan fingerprint density at radius 1 is 0.327 bits per heavy atom. The van der Waals surface area contributed by atoms with Crippen molar-refractivity contribution < 1.29 is 0 Å². The Labute approximate surface area is 281 Å². The molecule has 228 valence electrons. The number of hydrogen-bond donors (Lipinski definition) is 0. The van der Waals surface area contributed by atoms with Crippen LogP contribution in [0, 0.1) is 0 Å². The van der Waals surface area contributed by atoms with E-state index < -0.39 is 0 Å². The topological polar surface area (TPSA) is 27.2 Å². The maximum atomic E-state index is 5.44. The Balaban J connectivity index is 1.25. The summed E-state index contributed by atoms with van der Waals surface area (Å²) in [4.78, 5) is 5.44. The number of fused-ring (bicyclic) bond motifs is 13. The van der Waals surface area contributed by atoms with Gasteiger partial charge in [-0.25, -0.2) is 4.98 Å². The highest BCUT2D eigenvalue weighted by Gasteiger charge is 2.22. The van der Waals surface area contributed by atoms with Gasteiger partial charge < -0.3 is 4.57 Å². The molecule has 0 unspecified atom stereocenters. The van der Waals surface area contributed by atoms with E-state index in [1.54, 1.807) is 0 Å². The quantitative estimate of drug-likeness (QED) is 0.180. The van der Waals surface area contributed by atoms with Crippen molar-refractivity contribution in [3.8, 4) is 22.5 Å². The first-order chi connectivity index (χ1) is 24.3. The number of imidazole rings is 1. The average molecular weight is 625 g/mol. The Morgan fingerprint density at radius 3 is 1.61 bits per heavy atom. The van der Waals surface area contributed by atoms with Crippen molar-refractivity contribution in [1.29, 1.82) is 0 Å². The van der Waals surface area contributed by atoms with Gasteiger partial charge in [0.25, 0.3) is 0 Å². The molecule has 4 aromatic heterocycles. The largest absolute Gasteiger partial charge is 0.309 e. The van der Waals surface area contributed by atoms with Crippen LogP contribution in [0.1, 0.15) is 0 Å². The molecule has 0 aliphatic rings. The molecule has 0 radical (unpaired) electrons. The lowest BCUT2D eigenvalue weighted by molar-refractivity contribution is 1.15. The summed E-state index contributed by atoms with van der Waals surface area (Å²) in [5.74, 6) is 0. The fourth-order valence-electron chi connectivity index (χ4n) is 8.09. The number of nitrogens with zero attached hydrogens (tertiary/aromatic N) is 4. The maximum Gasteiger partial charge on any atom is 0.165 e. The highest BCUT2D eigenvalue weighted by molar-refractivity contribution is 6.18. The van der Waals surface area contributed by atoms with Gasteiger partial charge in [0, 0.05) is 38.3 Å². The molecule has 4 heterocycles. The number of hydrogen-bond acceptors (Lipinski definition) is 1. The first-order valence-electron chi connectivity index (χ1n) is 16.7. The summed E-state index contributed by atoms with van der Waals surface area (Å²) in [6, 6.07) is 61.1. The van der Waals surface area contributed by atoms with Crippen LogP contribution < -0.4 is 0 Å². The van der Waals surface area contributed by atoms with Gasteiger partial charge in [-0.15, -0.1) is 0 Å². The summed E-state index contributed by atoms with van der Waals surface area (Å²) in [6.07, 6.45) is 0. The van der Waals surface area contributed by atoms with Gasteiger partial charge >= 0.3 is 0 Å². The smallest absolute Gasteiger partial charge is 0.165 e. The summed E-state index contributed by atoms with van der Waals surface area (Å²) in [5.41, 5.74) is 12.4. The van der Waals surface area contributed by atoms with Crippen LogP contribution in [-0.2, 0) is 0 Å². The van der Waals surface area contributed by atoms with Gasteiger partial charge in [-0.2, -0.15) is 0 Å². The molecule has 7 aromatic carbocycles. The second-order valence-electron chi connectivity index (χ2n) is 12.8. The Morgan fingerprint density at radius 2 is 0.857 bits per heavy atom. The number of aromatic nitrogens is 4. The second kappa shape index (κ2) is 9.93. The van der Waals surface area contributed by atoms with Crippen LogP contribution in [0.25, 0.3) is 93.7 Å². The number of benzene rings is 7. The van der Waals surface area contributed by atoms with E-state index in [2.05, 4.69) is 183 Å². The Kier molecular flexibility index (Phi) is 5.35. The average Bonchev–Trinajstić information content (AvgIpc) is 3.82. The van der Waals surface area contributed by atoms with E-state index in [-0.39, 0.29) is 0 Å². The lowest BCUT2D eigenvalue weighted by atomic mass is 10.0. The minimum absolute atomic E-state index is 0.958. The molecule has 0 amide bonds. The summed E-state index contributed by atoms with van der Waals surface area (Å²) in [7, 11) is 0. The van der Waals surface area contributed by atoms with Crippen molar-refractivity contribution in [3.05, 3.63) is 170 Å². The molecule has 0 aliphatic heterocycles. The van der Waals surface area contributed by atoms with Crippen LogP contribution in [-0.4, -0.2) is 18.5 Å². The Hall–Kier alpha value is -6.65. The van der Waals surface area contributed by atoms with Gasteiger partial charge in [-0.3, -0.25) is 8.97 Å². The fourth-order valence-corrected chi connectivity index (χ4v) is 8.09. The highest BCUT2D eigenvalue weighted by Crippen LogP contribution is 2.40. The third-order valence-corrected chi connectivity index (χ3v) is 10.2. The molecule has 11 aromatic rings.